The molecular formula is C14H17N3O. The Kier molecular flexibility index (Phi) is 4.55. The van der Waals surface area contributed by atoms with E-state index in [1.54, 1.807) is 6.08 Å². The van der Waals surface area contributed by atoms with Gasteiger partial charge < -0.3 is 10.1 Å². The summed E-state index contributed by atoms with van der Waals surface area (Å²) in [6.45, 7) is 5.72. The topological polar surface area (TPSA) is 49.9 Å². The fourth-order valence-corrected chi connectivity index (χ4v) is 1.66. The van der Waals surface area contributed by atoms with Crippen LogP contribution in [0.4, 0.5) is 0 Å². The highest BCUT2D eigenvalue weighted by Gasteiger charge is 2.02. The average Bonchev–Trinajstić information content (AvgIpc) is 2.91. The largest absolute Gasteiger partial charge is 0.489 e. The molecule has 0 unspecified atom stereocenters. The Balaban J connectivity index is 1.89. The Morgan fingerprint density at radius 1 is 1.33 bits per heavy atom. The maximum absolute atomic E-state index is 5.60. The van der Waals surface area contributed by atoms with E-state index >= 15 is 0 Å². The standard InChI is InChI=1S/C14H17N3O/c1-2-7-18-14-6-4-3-5-13(14)11-15-8-12-9-16-17-10-12/h2-6,9-10,15H,1,7-8,11H2,(H,16,17). The normalized spacial score (nSPS) is 10.2. The van der Waals surface area contributed by atoms with Crippen LogP contribution in [0.2, 0.25) is 0 Å². The molecule has 2 aromatic rings. The van der Waals surface area contributed by atoms with Crippen LogP contribution in [-0.2, 0) is 13.1 Å². The molecule has 0 aliphatic heterocycles. The van der Waals surface area contributed by atoms with Gasteiger partial charge in [0.2, 0.25) is 0 Å². The van der Waals surface area contributed by atoms with Crippen LogP contribution in [0, 0.1) is 0 Å². The van der Waals surface area contributed by atoms with Gasteiger partial charge in [-0.2, -0.15) is 5.10 Å². The summed E-state index contributed by atoms with van der Waals surface area (Å²) >= 11 is 0. The second kappa shape index (κ2) is 6.61. The third kappa shape index (κ3) is 3.46. The molecule has 94 valence electrons. The van der Waals surface area contributed by atoms with Gasteiger partial charge in [0.15, 0.2) is 0 Å². The van der Waals surface area contributed by atoms with E-state index in [1.165, 1.54) is 0 Å². The third-order valence-corrected chi connectivity index (χ3v) is 2.53. The molecule has 0 saturated heterocycles. The molecule has 1 heterocycles. The highest BCUT2D eigenvalue weighted by molar-refractivity contribution is 5.33. The van der Waals surface area contributed by atoms with Crippen LogP contribution < -0.4 is 10.1 Å². The Morgan fingerprint density at radius 2 is 2.22 bits per heavy atom. The molecule has 0 fully saturated rings. The number of benzene rings is 1. The van der Waals surface area contributed by atoms with Crippen molar-refractivity contribution in [1.29, 1.82) is 0 Å². The van der Waals surface area contributed by atoms with E-state index in [2.05, 4.69) is 28.2 Å². The van der Waals surface area contributed by atoms with Gasteiger partial charge in [-0.1, -0.05) is 30.9 Å². The number of hydrogen-bond donors (Lipinski definition) is 2. The van der Waals surface area contributed by atoms with Gasteiger partial charge in [0.1, 0.15) is 12.4 Å². The summed E-state index contributed by atoms with van der Waals surface area (Å²) in [5.41, 5.74) is 2.28. The number of H-pyrrole nitrogens is 1. The van der Waals surface area contributed by atoms with Gasteiger partial charge in [-0.05, 0) is 6.07 Å². The van der Waals surface area contributed by atoms with Crippen molar-refractivity contribution >= 4 is 0 Å². The summed E-state index contributed by atoms with van der Waals surface area (Å²) in [7, 11) is 0. The van der Waals surface area contributed by atoms with E-state index in [0.29, 0.717) is 6.61 Å². The van der Waals surface area contributed by atoms with Gasteiger partial charge in [-0.3, -0.25) is 5.10 Å². The van der Waals surface area contributed by atoms with Crippen molar-refractivity contribution in [2.24, 2.45) is 0 Å². The van der Waals surface area contributed by atoms with E-state index in [1.807, 2.05) is 30.6 Å². The van der Waals surface area contributed by atoms with Crippen LogP contribution in [-0.4, -0.2) is 16.8 Å². The SMILES string of the molecule is C=CCOc1ccccc1CNCc1cn[nH]c1. The molecular weight excluding hydrogens is 226 g/mol. The predicted octanol–water partition coefficient (Wildman–Crippen LogP) is 2.26. The monoisotopic (exact) mass is 243 g/mol. The minimum Gasteiger partial charge on any atom is -0.489 e. The van der Waals surface area contributed by atoms with Gasteiger partial charge in [0, 0.05) is 30.4 Å². The Labute approximate surface area is 107 Å². The zero-order chi connectivity index (χ0) is 12.6. The smallest absolute Gasteiger partial charge is 0.124 e. The number of aromatic nitrogens is 2. The van der Waals surface area contributed by atoms with Gasteiger partial charge in [0.05, 0.1) is 6.20 Å². The first-order valence-electron chi connectivity index (χ1n) is 5.90. The fourth-order valence-electron chi connectivity index (χ4n) is 1.66. The van der Waals surface area contributed by atoms with Crippen LogP contribution in [0.3, 0.4) is 0 Å². The highest BCUT2D eigenvalue weighted by Crippen LogP contribution is 2.17. The predicted molar refractivity (Wildman–Crippen MR) is 71.3 cm³/mol. The van der Waals surface area contributed by atoms with Crippen molar-refractivity contribution in [1.82, 2.24) is 15.5 Å². The highest BCUT2D eigenvalue weighted by atomic mass is 16.5. The van der Waals surface area contributed by atoms with Crippen molar-refractivity contribution in [2.45, 2.75) is 13.1 Å². The second-order valence-corrected chi connectivity index (χ2v) is 3.92. The van der Waals surface area contributed by atoms with Gasteiger partial charge in [0.25, 0.3) is 0 Å². The van der Waals surface area contributed by atoms with E-state index in [-0.39, 0.29) is 0 Å². The van der Waals surface area contributed by atoms with Gasteiger partial charge >= 0.3 is 0 Å². The molecule has 0 radical (unpaired) electrons. The first-order valence-corrected chi connectivity index (χ1v) is 5.90. The number of para-hydroxylation sites is 1. The molecule has 4 heteroatoms. The van der Waals surface area contributed by atoms with Crippen molar-refractivity contribution in [3.63, 3.8) is 0 Å². The molecule has 0 aliphatic rings. The molecule has 0 amide bonds. The summed E-state index contributed by atoms with van der Waals surface area (Å²) in [5.74, 6) is 0.900. The summed E-state index contributed by atoms with van der Waals surface area (Å²) in [6, 6.07) is 8.01. The molecule has 2 N–H and O–H groups in total. The maximum atomic E-state index is 5.60. The van der Waals surface area contributed by atoms with Crippen molar-refractivity contribution < 1.29 is 4.74 Å². The lowest BCUT2D eigenvalue weighted by Gasteiger charge is -2.10. The summed E-state index contributed by atoms with van der Waals surface area (Å²) in [6.07, 6.45) is 5.44. The summed E-state index contributed by atoms with van der Waals surface area (Å²) in [4.78, 5) is 0. The molecule has 0 spiro atoms. The molecule has 0 atom stereocenters. The molecule has 0 saturated carbocycles. The maximum Gasteiger partial charge on any atom is 0.124 e. The van der Waals surface area contributed by atoms with E-state index in [4.69, 9.17) is 4.74 Å². The first-order chi connectivity index (χ1) is 8.90. The summed E-state index contributed by atoms with van der Waals surface area (Å²) < 4.78 is 5.60. The number of nitrogens with zero attached hydrogens (tertiary/aromatic N) is 1. The zero-order valence-corrected chi connectivity index (χ0v) is 10.2. The zero-order valence-electron chi connectivity index (χ0n) is 10.2. The molecule has 1 aromatic heterocycles. The first kappa shape index (κ1) is 12.4. The lowest BCUT2D eigenvalue weighted by molar-refractivity contribution is 0.358. The number of aromatic amines is 1. The van der Waals surface area contributed by atoms with E-state index in [9.17, 15) is 0 Å². The molecule has 1 aromatic carbocycles. The molecule has 2 rings (SSSR count). The minimum atomic E-state index is 0.527. The molecule has 4 nitrogen and oxygen atoms in total. The second-order valence-electron chi connectivity index (χ2n) is 3.92. The van der Waals surface area contributed by atoms with Crippen molar-refractivity contribution in [2.75, 3.05) is 6.61 Å². The Morgan fingerprint density at radius 3 is 3.00 bits per heavy atom. The lowest BCUT2D eigenvalue weighted by Crippen LogP contribution is -2.13. The van der Waals surface area contributed by atoms with Crippen LogP contribution in [0.5, 0.6) is 5.75 Å². The summed E-state index contributed by atoms with van der Waals surface area (Å²) in [5, 5.41) is 10.1. The molecule has 0 bridgehead atoms. The minimum absolute atomic E-state index is 0.527. The van der Waals surface area contributed by atoms with Crippen LogP contribution in [0.1, 0.15) is 11.1 Å². The Bertz CT molecular complexity index is 480. The molecule has 18 heavy (non-hydrogen) atoms. The number of nitrogens with one attached hydrogen (secondary N) is 2. The number of hydrogen-bond acceptors (Lipinski definition) is 3. The van der Waals surface area contributed by atoms with Gasteiger partial charge in [-0.25, -0.2) is 0 Å². The van der Waals surface area contributed by atoms with E-state index < -0.39 is 0 Å². The van der Waals surface area contributed by atoms with E-state index in [0.717, 1.165) is 30.0 Å². The third-order valence-electron chi connectivity index (χ3n) is 2.53. The lowest BCUT2D eigenvalue weighted by atomic mass is 10.2. The Hall–Kier alpha value is -2.07. The van der Waals surface area contributed by atoms with Crippen LogP contribution in [0.15, 0.2) is 49.3 Å². The van der Waals surface area contributed by atoms with Gasteiger partial charge in [-0.15, -0.1) is 0 Å². The number of ether oxygens (including phenoxy) is 1. The van der Waals surface area contributed by atoms with Crippen molar-refractivity contribution in [3.8, 4) is 5.75 Å². The van der Waals surface area contributed by atoms with Crippen LogP contribution >= 0.6 is 0 Å². The average molecular weight is 243 g/mol. The number of rotatable bonds is 7. The molecule has 0 aliphatic carbocycles. The quantitative estimate of drug-likeness (QED) is 0.733. The van der Waals surface area contributed by atoms with Crippen LogP contribution in [0.25, 0.3) is 0 Å². The van der Waals surface area contributed by atoms with Crippen molar-refractivity contribution in [3.05, 3.63) is 60.4 Å². The fraction of sp³-hybridized carbons (Fsp3) is 0.214.